The monoisotopic (exact) mass is 315 g/mol. The molecule has 1 N–H and O–H groups in total. The van der Waals surface area contributed by atoms with Gasteiger partial charge in [0.25, 0.3) is 0 Å². The van der Waals surface area contributed by atoms with E-state index in [-0.39, 0.29) is 11.9 Å². The van der Waals surface area contributed by atoms with Crippen LogP contribution in [0.5, 0.6) is 0 Å². The molecule has 1 amide bonds. The molecule has 6 heteroatoms. The van der Waals surface area contributed by atoms with E-state index in [9.17, 15) is 13.6 Å². The highest BCUT2D eigenvalue weighted by atomic mass is 32.2. The van der Waals surface area contributed by atoms with Crippen LogP contribution >= 0.6 is 11.8 Å². The molecule has 1 heterocycles. The number of ether oxygens (including phenoxy) is 1. The van der Waals surface area contributed by atoms with E-state index in [1.54, 1.807) is 11.8 Å². The number of rotatable bonds is 6. The molecule has 0 radical (unpaired) electrons. The Morgan fingerprint density at radius 2 is 2.24 bits per heavy atom. The van der Waals surface area contributed by atoms with Crippen LogP contribution < -0.4 is 5.32 Å². The van der Waals surface area contributed by atoms with E-state index in [0.717, 1.165) is 24.3 Å². The molecule has 116 valence electrons. The van der Waals surface area contributed by atoms with E-state index < -0.39 is 17.7 Å². The lowest BCUT2D eigenvalue weighted by molar-refractivity contribution is -0.122. The Kier molecular flexibility index (Phi) is 5.99. The van der Waals surface area contributed by atoms with Crippen LogP contribution in [0, 0.1) is 11.6 Å². The average molecular weight is 315 g/mol. The Labute approximate surface area is 127 Å². The van der Waals surface area contributed by atoms with E-state index in [1.807, 2.05) is 6.26 Å². The van der Waals surface area contributed by atoms with E-state index >= 15 is 0 Å². The minimum atomic E-state index is -0.895. The second-order valence-electron chi connectivity index (χ2n) is 5.02. The first-order chi connectivity index (χ1) is 10.1. The molecule has 1 saturated heterocycles. The van der Waals surface area contributed by atoms with Gasteiger partial charge in [-0.25, -0.2) is 8.78 Å². The standard InChI is InChI=1S/C15H19F2NO2S/c1-21-8-2-3-14(19)18-13-6-7-20-15(13)10-4-5-11(16)12(17)9-10/h4-5,9,13,15H,2-3,6-8H2,1H3,(H,18,19)/t13-,15+/m1/s1. The zero-order chi connectivity index (χ0) is 15.2. The molecule has 0 bridgehead atoms. The maximum absolute atomic E-state index is 13.3. The van der Waals surface area contributed by atoms with Gasteiger partial charge in [0, 0.05) is 13.0 Å². The molecule has 2 atom stereocenters. The lowest BCUT2D eigenvalue weighted by atomic mass is 10.0. The van der Waals surface area contributed by atoms with Crippen LogP contribution in [0.15, 0.2) is 18.2 Å². The summed E-state index contributed by atoms with van der Waals surface area (Å²) in [5.74, 6) is -0.851. The van der Waals surface area contributed by atoms with Crippen molar-refractivity contribution in [2.75, 3.05) is 18.6 Å². The van der Waals surface area contributed by atoms with Crippen LogP contribution in [0.1, 0.15) is 30.9 Å². The zero-order valence-corrected chi connectivity index (χ0v) is 12.7. The van der Waals surface area contributed by atoms with Gasteiger partial charge in [-0.1, -0.05) is 6.07 Å². The highest BCUT2D eigenvalue weighted by Crippen LogP contribution is 2.30. The Morgan fingerprint density at radius 3 is 2.95 bits per heavy atom. The fraction of sp³-hybridized carbons (Fsp3) is 0.533. The van der Waals surface area contributed by atoms with E-state index in [4.69, 9.17) is 4.74 Å². The predicted molar refractivity (Wildman–Crippen MR) is 79.2 cm³/mol. The minimum absolute atomic E-state index is 0.0212. The average Bonchev–Trinajstić information content (AvgIpc) is 2.90. The Balaban J connectivity index is 1.96. The maximum atomic E-state index is 13.3. The largest absolute Gasteiger partial charge is 0.371 e. The van der Waals surface area contributed by atoms with Crippen LogP contribution in [0.2, 0.25) is 0 Å². The van der Waals surface area contributed by atoms with Crippen molar-refractivity contribution < 1.29 is 18.3 Å². The van der Waals surface area contributed by atoms with Crippen LogP contribution in [0.25, 0.3) is 0 Å². The number of hydrogen-bond donors (Lipinski definition) is 1. The summed E-state index contributed by atoms with van der Waals surface area (Å²) in [5.41, 5.74) is 0.556. The van der Waals surface area contributed by atoms with Gasteiger partial charge in [0.05, 0.1) is 6.04 Å². The number of nitrogens with one attached hydrogen (secondary N) is 1. The van der Waals surface area contributed by atoms with Crippen molar-refractivity contribution in [2.45, 2.75) is 31.4 Å². The van der Waals surface area contributed by atoms with Crippen LogP contribution in [-0.4, -0.2) is 30.6 Å². The fourth-order valence-electron chi connectivity index (χ4n) is 2.41. The molecule has 0 aliphatic carbocycles. The van der Waals surface area contributed by atoms with Crippen LogP contribution in [0.3, 0.4) is 0 Å². The van der Waals surface area contributed by atoms with Gasteiger partial charge in [-0.2, -0.15) is 11.8 Å². The van der Waals surface area contributed by atoms with Gasteiger partial charge in [0.15, 0.2) is 11.6 Å². The predicted octanol–water partition coefficient (Wildman–Crippen LogP) is 3.05. The first kappa shape index (κ1) is 16.2. The molecule has 0 aromatic heterocycles. The van der Waals surface area contributed by atoms with Gasteiger partial charge in [-0.05, 0) is 42.5 Å². The Morgan fingerprint density at radius 1 is 1.43 bits per heavy atom. The lowest BCUT2D eigenvalue weighted by Crippen LogP contribution is -2.36. The molecule has 2 rings (SSSR count). The van der Waals surface area contributed by atoms with Gasteiger partial charge in [-0.3, -0.25) is 4.79 Å². The van der Waals surface area contributed by atoms with Crippen LogP contribution in [-0.2, 0) is 9.53 Å². The Bertz CT molecular complexity index is 499. The topological polar surface area (TPSA) is 38.3 Å². The van der Waals surface area contributed by atoms with E-state index in [1.165, 1.54) is 6.07 Å². The molecule has 0 spiro atoms. The summed E-state index contributed by atoms with van der Waals surface area (Å²) in [5, 5.41) is 2.93. The normalized spacial score (nSPS) is 21.5. The molecule has 1 aliphatic rings. The summed E-state index contributed by atoms with van der Waals surface area (Å²) in [6, 6.07) is 3.54. The summed E-state index contributed by atoms with van der Waals surface area (Å²) < 4.78 is 31.9. The molecular weight excluding hydrogens is 296 g/mol. The highest BCUT2D eigenvalue weighted by molar-refractivity contribution is 7.98. The quantitative estimate of drug-likeness (QED) is 0.820. The van der Waals surface area contributed by atoms with E-state index in [0.29, 0.717) is 25.0 Å². The van der Waals surface area contributed by atoms with Crippen molar-refractivity contribution in [3.8, 4) is 0 Å². The molecule has 0 unspecified atom stereocenters. The summed E-state index contributed by atoms with van der Waals surface area (Å²) >= 11 is 1.70. The third-order valence-electron chi connectivity index (χ3n) is 3.46. The summed E-state index contributed by atoms with van der Waals surface area (Å²) in [7, 11) is 0. The molecule has 1 aromatic rings. The molecule has 1 aliphatic heterocycles. The van der Waals surface area contributed by atoms with Gasteiger partial charge >= 0.3 is 0 Å². The second kappa shape index (κ2) is 7.75. The number of benzene rings is 1. The number of hydrogen-bond acceptors (Lipinski definition) is 3. The summed E-state index contributed by atoms with van der Waals surface area (Å²) in [6.07, 6.45) is 3.57. The lowest BCUT2D eigenvalue weighted by Gasteiger charge is -2.20. The SMILES string of the molecule is CSCCCC(=O)N[C@@H]1CCO[C@H]1c1ccc(F)c(F)c1. The van der Waals surface area contributed by atoms with Crippen molar-refractivity contribution in [1.82, 2.24) is 5.32 Å². The van der Waals surface area contributed by atoms with Gasteiger partial charge < -0.3 is 10.1 Å². The first-order valence-electron chi connectivity index (χ1n) is 6.96. The third-order valence-corrected chi connectivity index (χ3v) is 4.16. The van der Waals surface area contributed by atoms with Crippen molar-refractivity contribution in [3.63, 3.8) is 0 Å². The fourth-order valence-corrected chi connectivity index (χ4v) is 2.84. The number of amides is 1. The second-order valence-corrected chi connectivity index (χ2v) is 6.01. The van der Waals surface area contributed by atoms with Crippen LogP contribution in [0.4, 0.5) is 8.78 Å². The molecule has 1 fully saturated rings. The van der Waals surface area contributed by atoms with Gasteiger partial charge in [0.2, 0.25) is 5.91 Å². The van der Waals surface area contributed by atoms with Crippen molar-refractivity contribution in [1.29, 1.82) is 0 Å². The molecule has 0 saturated carbocycles. The zero-order valence-electron chi connectivity index (χ0n) is 11.9. The molecule has 21 heavy (non-hydrogen) atoms. The Hall–Kier alpha value is -1.14. The van der Waals surface area contributed by atoms with Crippen molar-refractivity contribution >= 4 is 17.7 Å². The number of thioether (sulfide) groups is 1. The maximum Gasteiger partial charge on any atom is 0.220 e. The minimum Gasteiger partial charge on any atom is -0.371 e. The van der Waals surface area contributed by atoms with E-state index in [2.05, 4.69) is 5.32 Å². The number of halogens is 2. The smallest absolute Gasteiger partial charge is 0.220 e. The highest BCUT2D eigenvalue weighted by Gasteiger charge is 2.31. The van der Waals surface area contributed by atoms with Crippen molar-refractivity contribution in [2.24, 2.45) is 0 Å². The van der Waals surface area contributed by atoms with Crippen molar-refractivity contribution in [3.05, 3.63) is 35.4 Å². The number of carbonyl (C=O) groups excluding carboxylic acids is 1. The molecule has 1 aromatic carbocycles. The first-order valence-corrected chi connectivity index (χ1v) is 8.36. The summed E-state index contributed by atoms with van der Waals surface area (Å²) in [4.78, 5) is 11.9. The van der Waals surface area contributed by atoms with Gasteiger partial charge in [-0.15, -0.1) is 0 Å². The molecular formula is C15H19F2NO2S. The summed E-state index contributed by atoms with van der Waals surface area (Å²) in [6.45, 7) is 0.499. The number of carbonyl (C=O) groups is 1. The third kappa shape index (κ3) is 4.41. The van der Waals surface area contributed by atoms with Gasteiger partial charge in [0.1, 0.15) is 6.10 Å². The molecule has 3 nitrogen and oxygen atoms in total.